The zero-order valence-electron chi connectivity index (χ0n) is 11.9. The molecule has 1 saturated heterocycles. The molecule has 2 aromatic rings. The van der Waals surface area contributed by atoms with Crippen LogP contribution in [0.5, 0.6) is 5.75 Å². The van der Waals surface area contributed by atoms with E-state index in [1.165, 1.54) is 0 Å². The Bertz CT molecular complexity index is 617. The minimum atomic E-state index is 0.158. The van der Waals surface area contributed by atoms with Crippen LogP contribution in [-0.4, -0.2) is 41.1 Å². The topological polar surface area (TPSA) is 68.5 Å². The first kappa shape index (κ1) is 13.6. The van der Waals surface area contributed by atoms with Crippen molar-refractivity contribution in [2.24, 2.45) is 0 Å². The van der Waals surface area contributed by atoms with Crippen LogP contribution in [0.4, 0.5) is 0 Å². The highest BCUT2D eigenvalue weighted by Gasteiger charge is 2.20. The number of aryl methyl sites for hydroxylation is 1. The van der Waals surface area contributed by atoms with Gasteiger partial charge in [-0.05, 0) is 30.7 Å². The fraction of sp³-hybridized carbons (Fsp3) is 0.400. The normalized spacial score (nSPS) is 13.9. The minimum absolute atomic E-state index is 0.158. The summed E-state index contributed by atoms with van der Waals surface area (Å²) in [6.45, 7) is 1.75. The van der Waals surface area contributed by atoms with Crippen LogP contribution < -0.4 is 4.74 Å². The van der Waals surface area contributed by atoms with E-state index < -0.39 is 0 Å². The van der Waals surface area contributed by atoms with Crippen molar-refractivity contribution in [2.75, 3.05) is 20.2 Å². The number of aromatic nitrogens is 2. The summed E-state index contributed by atoms with van der Waals surface area (Å²) in [6, 6.07) is 7.44. The van der Waals surface area contributed by atoms with Crippen molar-refractivity contribution in [1.29, 1.82) is 0 Å². The number of hydrogen-bond donors (Lipinski definition) is 0. The summed E-state index contributed by atoms with van der Waals surface area (Å²) < 4.78 is 10.3. The number of rotatable bonds is 5. The van der Waals surface area contributed by atoms with E-state index in [0.717, 1.165) is 30.8 Å². The summed E-state index contributed by atoms with van der Waals surface area (Å²) in [5, 5.41) is 3.95. The van der Waals surface area contributed by atoms with E-state index in [1.807, 2.05) is 29.2 Å². The predicted molar refractivity (Wildman–Crippen MR) is 75.8 cm³/mol. The molecule has 110 valence electrons. The smallest absolute Gasteiger partial charge is 0.227 e. The van der Waals surface area contributed by atoms with Crippen LogP contribution in [0.3, 0.4) is 0 Å². The van der Waals surface area contributed by atoms with Gasteiger partial charge in [0.2, 0.25) is 17.6 Å². The standard InChI is InChI=1S/C15H17N3O3/c1-20-12-5-3-11(4-6-12)15-16-13(21-17-15)7-8-14(19)18-9-2-10-18/h3-6H,2,7-10H2,1H3. The summed E-state index contributed by atoms with van der Waals surface area (Å²) >= 11 is 0. The lowest BCUT2D eigenvalue weighted by Gasteiger charge is -2.30. The molecule has 1 amide bonds. The lowest BCUT2D eigenvalue weighted by atomic mass is 10.2. The zero-order chi connectivity index (χ0) is 14.7. The monoisotopic (exact) mass is 287 g/mol. The van der Waals surface area contributed by atoms with Gasteiger partial charge in [0.25, 0.3) is 0 Å². The Hall–Kier alpha value is -2.37. The highest BCUT2D eigenvalue weighted by atomic mass is 16.5. The Morgan fingerprint density at radius 1 is 1.33 bits per heavy atom. The molecule has 2 heterocycles. The molecule has 0 atom stereocenters. The fourth-order valence-electron chi connectivity index (χ4n) is 2.15. The Balaban J connectivity index is 1.61. The summed E-state index contributed by atoms with van der Waals surface area (Å²) in [4.78, 5) is 17.9. The highest BCUT2D eigenvalue weighted by Crippen LogP contribution is 2.20. The average Bonchev–Trinajstić information content (AvgIpc) is 2.92. The number of hydrogen-bond acceptors (Lipinski definition) is 5. The second-order valence-corrected chi connectivity index (χ2v) is 4.97. The molecule has 1 aromatic heterocycles. The van der Waals surface area contributed by atoms with Gasteiger partial charge >= 0.3 is 0 Å². The van der Waals surface area contributed by atoms with Crippen LogP contribution in [0.25, 0.3) is 11.4 Å². The third kappa shape index (κ3) is 3.04. The summed E-state index contributed by atoms with van der Waals surface area (Å²) in [5.74, 6) is 1.96. The number of ether oxygens (including phenoxy) is 1. The summed E-state index contributed by atoms with van der Waals surface area (Å²) in [6.07, 6.45) is 2.01. The third-order valence-corrected chi connectivity index (χ3v) is 3.58. The number of amides is 1. The maximum absolute atomic E-state index is 11.8. The first-order valence-electron chi connectivity index (χ1n) is 7.01. The van der Waals surface area contributed by atoms with E-state index in [4.69, 9.17) is 9.26 Å². The van der Waals surface area contributed by atoms with Crippen LogP contribution in [0.15, 0.2) is 28.8 Å². The van der Waals surface area contributed by atoms with Gasteiger partial charge in [0, 0.05) is 31.5 Å². The predicted octanol–water partition coefficient (Wildman–Crippen LogP) is 1.91. The van der Waals surface area contributed by atoms with Crippen LogP contribution >= 0.6 is 0 Å². The number of carbonyl (C=O) groups excluding carboxylic acids is 1. The Labute approximate surface area is 122 Å². The Morgan fingerprint density at radius 2 is 2.10 bits per heavy atom. The molecule has 0 aliphatic carbocycles. The SMILES string of the molecule is COc1ccc(-c2noc(CCC(=O)N3CCC3)n2)cc1. The summed E-state index contributed by atoms with van der Waals surface area (Å²) in [5.41, 5.74) is 0.861. The molecule has 1 fully saturated rings. The van der Waals surface area contributed by atoms with Crippen molar-refractivity contribution >= 4 is 5.91 Å². The third-order valence-electron chi connectivity index (χ3n) is 3.58. The molecular formula is C15H17N3O3. The molecule has 0 saturated carbocycles. The molecule has 1 aromatic carbocycles. The van der Waals surface area contributed by atoms with E-state index in [1.54, 1.807) is 7.11 Å². The van der Waals surface area contributed by atoms with Gasteiger partial charge in [-0.1, -0.05) is 5.16 Å². The zero-order valence-corrected chi connectivity index (χ0v) is 11.9. The van der Waals surface area contributed by atoms with Crippen LogP contribution in [-0.2, 0) is 11.2 Å². The number of benzene rings is 1. The lowest BCUT2D eigenvalue weighted by molar-refractivity contribution is -0.134. The van der Waals surface area contributed by atoms with E-state index in [0.29, 0.717) is 24.6 Å². The molecule has 6 nitrogen and oxygen atoms in total. The number of likely N-dealkylation sites (tertiary alicyclic amines) is 1. The number of methoxy groups -OCH3 is 1. The lowest BCUT2D eigenvalue weighted by Crippen LogP contribution is -2.42. The van der Waals surface area contributed by atoms with Gasteiger partial charge in [0.15, 0.2) is 0 Å². The van der Waals surface area contributed by atoms with Gasteiger partial charge in [0.1, 0.15) is 5.75 Å². The van der Waals surface area contributed by atoms with Gasteiger partial charge in [-0.2, -0.15) is 4.98 Å². The molecule has 1 aliphatic heterocycles. The molecule has 0 unspecified atom stereocenters. The molecule has 1 aliphatic rings. The van der Waals surface area contributed by atoms with Gasteiger partial charge < -0.3 is 14.2 Å². The van der Waals surface area contributed by atoms with Crippen molar-refractivity contribution in [3.8, 4) is 17.1 Å². The highest BCUT2D eigenvalue weighted by molar-refractivity contribution is 5.77. The number of carbonyl (C=O) groups is 1. The molecule has 3 rings (SSSR count). The molecule has 6 heteroatoms. The van der Waals surface area contributed by atoms with Gasteiger partial charge in [-0.25, -0.2) is 0 Å². The van der Waals surface area contributed by atoms with Gasteiger partial charge in [-0.15, -0.1) is 0 Å². The van der Waals surface area contributed by atoms with Gasteiger partial charge in [-0.3, -0.25) is 4.79 Å². The molecule has 0 spiro atoms. The van der Waals surface area contributed by atoms with Crippen molar-refractivity contribution in [2.45, 2.75) is 19.3 Å². The van der Waals surface area contributed by atoms with Crippen LogP contribution in [0.1, 0.15) is 18.7 Å². The maximum Gasteiger partial charge on any atom is 0.227 e. The fourth-order valence-corrected chi connectivity index (χ4v) is 2.15. The van der Waals surface area contributed by atoms with Crippen molar-refractivity contribution in [3.05, 3.63) is 30.2 Å². The van der Waals surface area contributed by atoms with E-state index in [2.05, 4.69) is 10.1 Å². The molecular weight excluding hydrogens is 270 g/mol. The quantitative estimate of drug-likeness (QED) is 0.840. The van der Waals surface area contributed by atoms with E-state index in [-0.39, 0.29) is 5.91 Å². The molecule has 21 heavy (non-hydrogen) atoms. The second kappa shape index (κ2) is 5.95. The van der Waals surface area contributed by atoms with E-state index in [9.17, 15) is 4.79 Å². The number of nitrogens with zero attached hydrogens (tertiary/aromatic N) is 3. The van der Waals surface area contributed by atoms with Crippen molar-refractivity contribution < 1.29 is 14.1 Å². The second-order valence-electron chi connectivity index (χ2n) is 4.97. The van der Waals surface area contributed by atoms with Crippen LogP contribution in [0, 0.1) is 0 Å². The van der Waals surface area contributed by atoms with Crippen LogP contribution in [0.2, 0.25) is 0 Å². The largest absolute Gasteiger partial charge is 0.497 e. The van der Waals surface area contributed by atoms with E-state index >= 15 is 0 Å². The maximum atomic E-state index is 11.8. The Kier molecular flexibility index (Phi) is 3.85. The molecule has 0 N–H and O–H groups in total. The molecule has 0 bridgehead atoms. The minimum Gasteiger partial charge on any atom is -0.497 e. The molecule has 0 radical (unpaired) electrons. The first-order chi connectivity index (χ1) is 10.3. The Morgan fingerprint density at radius 3 is 2.71 bits per heavy atom. The van der Waals surface area contributed by atoms with Crippen molar-refractivity contribution in [3.63, 3.8) is 0 Å². The summed E-state index contributed by atoms with van der Waals surface area (Å²) in [7, 11) is 1.62. The first-order valence-corrected chi connectivity index (χ1v) is 7.01. The average molecular weight is 287 g/mol. The van der Waals surface area contributed by atoms with Crippen molar-refractivity contribution in [1.82, 2.24) is 15.0 Å². The van der Waals surface area contributed by atoms with Gasteiger partial charge in [0.05, 0.1) is 7.11 Å².